The molecule has 0 saturated carbocycles. The summed E-state index contributed by atoms with van der Waals surface area (Å²) in [7, 11) is 0. The predicted octanol–water partition coefficient (Wildman–Crippen LogP) is 8.15. The Hall–Kier alpha value is -4.30. The van der Waals surface area contributed by atoms with Crippen LogP contribution in [0.1, 0.15) is 11.1 Å². The van der Waals surface area contributed by atoms with Gasteiger partial charge < -0.3 is 9.97 Å². The smallest absolute Gasteiger partial charge is 0.0464 e. The minimum atomic E-state index is 1.15. The van der Waals surface area contributed by atoms with Gasteiger partial charge in [-0.3, -0.25) is 0 Å². The van der Waals surface area contributed by atoms with Crippen molar-refractivity contribution in [1.29, 1.82) is 0 Å². The maximum atomic E-state index is 3.50. The lowest BCUT2D eigenvalue weighted by Gasteiger charge is -2.01. The molecule has 0 aliphatic heterocycles. The Morgan fingerprint density at radius 3 is 1.25 bits per heavy atom. The van der Waals surface area contributed by atoms with Gasteiger partial charge in [-0.2, -0.15) is 0 Å². The van der Waals surface area contributed by atoms with Crippen LogP contribution in [0.15, 0.2) is 109 Å². The molecule has 152 valence electrons. The number of benzene rings is 4. The van der Waals surface area contributed by atoms with Gasteiger partial charge in [0.1, 0.15) is 0 Å². The fourth-order valence-corrected chi connectivity index (χ4v) is 4.20. The molecule has 2 N–H and O–H groups in total. The van der Waals surface area contributed by atoms with Crippen LogP contribution in [0.3, 0.4) is 0 Å². The van der Waals surface area contributed by atoms with E-state index in [0.29, 0.717) is 0 Å². The Balaban J connectivity index is 1.19. The number of fused-ring (bicyclic) bond motifs is 2. The first-order chi connectivity index (χ1) is 15.8. The predicted molar refractivity (Wildman–Crippen MR) is 136 cm³/mol. The van der Waals surface area contributed by atoms with Crippen molar-refractivity contribution in [3.05, 3.63) is 120 Å². The van der Waals surface area contributed by atoms with E-state index in [1.54, 1.807) is 0 Å². The molecule has 2 aromatic heterocycles. The number of hydrogen-bond donors (Lipinski definition) is 2. The van der Waals surface area contributed by atoms with E-state index in [-0.39, 0.29) is 0 Å². The summed E-state index contributed by atoms with van der Waals surface area (Å²) in [5.41, 5.74) is 9.39. The van der Waals surface area contributed by atoms with Crippen LogP contribution in [-0.4, -0.2) is 9.97 Å². The molecular formula is C30H22N2. The molecule has 4 aromatic carbocycles. The second-order valence-electron chi connectivity index (χ2n) is 8.12. The van der Waals surface area contributed by atoms with Gasteiger partial charge in [0.15, 0.2) is 0 Å². The Labute approximate surface area is 186 Å². The number of nitrogens with one attached hydrogen (secondary N) is 2. The highest BCUT2D eigenvalue weighted by molar-refractivity contribution is 5.87. The average molecular weight is 411 g/mol. The van der Waals surface area contributed by atoms with Gasteiger partial charge in [-0.15, -0.1) is 0 Å². The van der Waals surface area contributed by atoms with Crippen LogP contribution in [0.25, 0.3) is 56.5 Å². The van der Waals surface area contributed by atoms with E-state index in [4.69, 9.17) is 0 Å². The fourth-order valence-electron chi connectivity index (χ4n) is 4.20. The van der Waals surface area contributed by atoms with Crippen LogP contribution in [0, 0.1) is 0 Å². The highest BCUT2D eigenvalue weighted by Crippen LogP contribution is 2.26. The molecule has 0 fully saturated rings. The summed E-state index contributed by atoms with van der Waals surface area (Å²) in [5.74, 6) is 0. The Morgan fingerprint density at radius 2 is 0.844 bits per heavy atom. The third kappa shape index (κ3) is 3.52. The average Bonchev–Trinajstić information content (AvgIpc) is 3.48. The maximum absolute atomic E-state index is 3.50. The van der Waals surface area contributed by atoms with Gasteiger partial charge in [0, 0.05) is 33.2 Å². The van der Waals surface area contributed by atoms with Crippen LogP contribution >= 0.6 is 0 Å². The van der Waals surface area contributed by atoms with Crippen molar-refractivity contribution in [3.8, 4) is 22.5 Å². The first kappa shape index (κ1) is 18.5. The molecule has 6 aromatic rings. The Kier molecular flexibility index (Phi) is 4.47. The topological polar surface area (TPSA) is 31.6 Å². The monoisotopic (exact) mass is 410 g/mol. The third-order valence-electron chi connectivity index (χ3n) is 5.97. The molecule has 0 radical (unpaired) electrons. The second kappa shape index (κ2) is 7.75. The van der Waals surface area contributed by atoms with Crippen molar-refractivity contribution < 1.29 is 0 Å². The first-order valence-electron chi connectivity index (χ1n) is 10.9. The second-order valence-corrected chi connectivity index (χ2v) is 8.12. The summed E-state index contributed by atoms with van der Waals surface area (Å²) in [5, 5.41) is 2.48. The van der Waals surface area contributed by atoms with Crippen LogP contribution < -0.4 is 0 Å². The van der Waals surface area contributed by atoms with Crippen LogP contribution in [0.2, 0.25) is 0 Å². The van der Waals surface area contributed by atoms with E-state index in [1.165, 1.54) is 44.1 Å². The van der Waals surface area contributed by atoms with Gasteiger partial charge in [-0.05, 0) is 46.5 Å². The number of H-pyrrole nitrogens is 2. The van der Waals surface area contributed by atoms with Gasteiger partial charge in [0.05, 0.1) is 0 Å². The Bertz CT molecular complexity index is 1360. The third-order valence-corrected chi connectivity index (χ3v) is 5.97. The van der Waals surface area contributed by atoms with E-state index >= 15 is 0 Å². The lowest BCUT2D eigenvalue weighted by molar-refractivity contribution is 1.45. The van der Waals surface area contributed by atoms with Crippen molar-refractivity contribution in [2.24, 2.45) is 0 Å². The molecule has 2 heteroatoms. The van der Waals surface area contributed by atoms with Crippen molar-refractivity contribution in [1.82, 2.24) is 9.97 Å². The van der Waals surface area contributed by atoms with Crippen molar-refractivity contribution in [2.75, 3.05) is 0 Å². The largest absolute Gasteiger partial charge is 0.355 e. The molecule has 6 rings (SSSR count). The zero-order valence-corrected chi connectivity index (χ0v) is 17.5. The molecular weight excluding hydrogens is 388 g/mol. The molecule has 0 aliphatic carbocycles. The number of hydrogen-bond acceptors (Lipinski definition) is 0. The van der Waals surface area contributed by atoms with Crippen molar-refractivity contribution in [2.45, 2.75) is 0 Å². The molecule has 0 atom stereocenters. The number of rotatable bonds is 4. The SMILES string of the molecule is C(=C/c1ccc(-c2cc3ccccc3[nH]2)cc1)/c1ccc(-c2cc3ccccc3[nH]2)cc1. The van der Waals surface area contributed by atoms with E-state index in [0.717, 1.165) is 11.4 Å². The number of para-hydroxylation sites is 2. The normalized spacial score (nSPS) is 11.6. The first-order valence-corrected chi connectivity index (χ1v) is 10.9. The lowest BCUT2D eigenvalue weighted by atomic mass is 10.1. The quantitative estimate of drug-likeness (QED) is 0.275. The standard InChI is InChI=1S/C30H22N2/c1-3-7-27-25(5-1)19-29(31-27)23-15-11-21(12-16-23)9-10-22-13-17-24(18-14-22)30-20-26-6-2-4-8-28(26)32-30/h1-20,31-32H/b10-9-. The zero-order chi connectivity index (χ0) is 21.3. The van der Waals surface area contributed by atoms with E-state index < -0.39 is 0 Å². The number of aromatic amines is 2. The summed E-state index contributed by atoms with van der Waals surface area (Å²) in [6.45, 7) is 0. The molecule has 0 aliphatic rings. The molecule has 0 bridgehead atoms. The molecule has 32 heavy (non-hydrogen) atoms. The summed E-state index contributed by atoms with van der Waals surface area (Å²) >= 11 is 0. The van der Waals surface area contributed by atoms with Gasteiger partial charge in [0.25, 0.3) is 0 Å². The van der Waals surface area contributed by atoms with Gasteiger partial charge in [0.2, 0.25) is 0 Å². The van der Waals surface area contributed by atoms with Gasteiger partial charge in [-0.1, -0.05) is 97.1 Å². The number of aromatic nitrogens is 2. The molecule has 0 amide bonds. The van der Waals surface area contributed by atoms with Crippen molar-refractivity contribution in [3.63, 3.8) is 0 Å². The summed E-state index contributed by atoms with van der Waals surface area (Å²) < 4.78 is 0. The van der Waals surface area contributed by atoms with E-state index in [1.807, 2.05) is 0 Å². The summed E-state index contributed by atoms with van der Waals surface area (Å²) in [6.07, 6.45) is 4.32. The van der Waals surface area contributed by atoms with Gasteiger partial charge >= 0.3 is 0 Å². The van der Waals surface area contributed by atoms with Crippen LogP contribution in [0.4, 0.5) is 0 Å². The molecule has 0 spiro atoms. The van der Waals surface area contributed by atoms with Crippen LogP contribution in [-0.2, 0) is 0 Å². The van der Waals surface area contributed by atoms with E-state index in [2.05, 4.69) is 131 Å². The molecule has 0 saturated heterocycles. The summed E-state index contributed by atoms with van der Waals surface area (Å²) in [6, 6.07) is 38.5. The highest BCUT2D eigenvalue weighted by atomic mass is 14.7. The minimum absolute atomic E-state index is 1.15. The zero-order valence-electron chi connectivity index (χ0n) is 17.5. The molecule has 2 heterocycles. The summed E-state index contributed by atoms with van der Waals surface area (Å²) in [4.78, 5) is 6.99. The molecule has 0 unspecified atom stereocenters. The molecule has 2 nitrogen and oxygen atoms in total. The van der Waals surface area contributed by atoms with E-state index in [9.17, 15) is 0 Å². The lowest BCUT2D eigenvalue weighted by Crippen LogP contribution is -1.79. The van der Waals surface area contributed by atoms with Crippen molar-refractivity contribution >= 4 is 34.0 Å². The van der Waals surface area contributed by atoms with Crippen LogP contribution in [0.5, 0.6) is 0 Å². The minimum Gasteiger partial charge on any atom is -0.355 e. The Morgan fingerprint density at radius 1 is 0.438 bits per heavy atom. The van der Waals surface area contributed by atoms with Gasteiger partial charge in [-0.25, -0.2) is 0 Å². The highest BCUT2D eigenvalue weighted by Gasteiger charge is 2.04. The fraction of sp³-hybridized carbons (Fsp3) is 0. The maximum Gasteiger partial charge on any atom is 0.0464 e.